The Morgan fingerprint density at radius 1 is 0.694 bits per heavy atom. The van der Waals surface area contributed by atoms with Crippen molar-refractivity contribution in [3.05, 3.63) is 113 Å². The lowest BCUT2D eigenvalue weighted by Gasteiger charge is -2.12. The van der Waals surface area contributed by atoms with Crippen LogP contribution in [0.5, 0.6) is 0 Å². The molecule has 36 heavy (non-hydrogen) atoms. The molecule has 0 saturated heterocycles. The lowest BCUT2D eigenvalue weighted by molar-refractivity contribution is 1.12. The van der Waals surface area contributed by atoms with E-state index in [1.54, 1.807) is 0 Å². The fourth-order valence-corrected chi connectivity index (χ4v) is 4.88. The molecule has 6 nitrogen and oxygen atoms in total. The van der Waals surface area contributed by atoms with Gasteiger partial charge in [0.05, 0.1) is 24.0 Å². The molecule has 6 rings (SSSR count). The van der Waals surface area contributed by atoms with Crippen LogP contribution < -0.4 is 0 Å². The van der Waals surface area contributed by atoms with E-state index in [0.717, 1.165) is 32.7 Å². The largest absolute Gasteiger partial charge is 0.271 e. The summed E-state index contributed by atoms with van der Waals surface area (Å²) in [5.41, 5.74) is 3.85. The van der Waals surface area contributed by atoms with Crippen LogP contribution in [0.1, 0.15) is 22.6 Å². The average molecular weight is 456 g/mol. The topological polar surface area (TPSA) is 102 Å². The van der Waals surface area contributed by atoms with Crippen molar-refractivity contribution in [2.75, 3.05) is 0 Å². The second-order valence-electron chi connectivity index (χ2n) is 8.24. The molecule has 0 aliphatic heterocycles. The van der Waals surface area contributed by atoms with Gasteiger partial charge in [-0.3, -0.25) is 0 Å². The van der Waals surface area contributed by atoms with Crippen LogP contribution in [0.25, 0.3) is 54.3 Å². The molecule has 0 fully saturated rings. The molecule has 0 saturated carbocycles. The van der Waals surface area contributed by atoms with Gasteiger partial charge in [-0.1, -0.05) is 60.7 Å². The number of allylic oxidation sites excluding steroid dienone is 1. The Hall–Kier alpha value is -5.82. The van der Waals surface area contributed by atoms with Crippen LogP contribution in [-0.4, -0.2) is 9.97 Å². The smallest absolute Gasteiger partial charge is 0.233 e. The van der Waals surface area contributed by atoms with Crippen molar-refractivity contribution < 1.29 is 0 Å². The zero-order valence-electron chi connectivity index (χ0n) is 18.6. The first-order chi connectivity index (χ1) is 17.7. The highest BCUT2D eigenvalue weighted by Crippen LogP contribution is 2.46. The zero-order valence-corrected chi connectivity index (χ0v) is 18.6. The molecular weight excluding hydrogens is 444 g/mol. The van der Waals surface area contributed by atoms with E-state index in [1.807, 2.05) is 60.7 Å². The van der Waals surface area contributed by atoms with E-state index < -0.39 is 0 Å². The van der Waals surface area contributed by atoms with E-state index in [-0.39, 0.29) is 22.8 Å². The minimum Gasteiger partial charge on any atom is -0.233 e. The summed E-state index contributed by atoms with van der Waals surface area (Å²) >= 11 is 0. The summed E-state index contributed by atoms with van der Waals surface area (Å²) in [5, 5.41) is 33.1. The van der Waals surface area contributed by atoms with Gasteiger partial charge in [0.15, 0.2) is 11.4 Å². The molecule has 0 unspecified atom stereocenters. The number of aromatic nitrogens is 2. The predicted octanol–water partition coefficient (Wildman–Crippen LogP) is 6.38. The zero-order chi connectivity index (χ0) is 24.8. The van der Waals surface area contributed by atoms with Gasteiger partial charge >= 0.3 is 0 Å². The van der Waals surface area contributed by atoms with Crippen LogP contribution in [0.15, 0.2) is 78.5 Å². The van der Waals surface area contributed by atoms with Gasteiger partial charge in [0.25, 0.3) is 5.70 Å². The first-order valence-electron chi connectivity index (χ1n) is 11.0. The van der Waals surface area contributed by atoms with Crippen molar-refractivity contribution in [3.8, 4) is 40.6 Å². The maximum absolute atomic E-state index is 9.72. The van der Waals surface area contributed by atoms with Gasteiger partial charge < -0.3 is 0 Å². The molecule has 0 amide bonds. The summed E-state index contributed by atoms with van der Waals surface area (Å²) < 4.78 is 0. The van der Waals surface area contributed by atoms with Crippen LogP contribution in [0.2, 0.25) is 0 Å². The molecule has 0 radical (unpaired) electrons. The van der Waals surface area contributed by atoms with E-state index in [4.69, 9.17) is 6.57 Å². The van der Waals surface area contributed by atoms with Crippen LogP contribution >= 0.6 is 0 Å². The molecule has 0 bridgehead atoms. The lowest BCUT2D eigenvalue weighted by Crippen LogP contribution is -2.00. The molecule has 0 N–H and O–H groups in total. The maximum Gasteiger partial charge on any atom is 0.271 e. The summed E-state index contributed by atoms with van der Waals surface area (Å²) in [5.74, 6) is 0. The Labute approximate surface area is 206 Å². The molecule has 1 aliphatic rings. The van der Waals surface area contributed by atoms with E-state index >= 15 is 0 Å². The Morgan fingerprint density at radius 2 is 1.36 bits per heavy atom. The molecule has 1 heterocycles. The van der Waals surface area contributed by atoms with Gasteiger partial charge in [-0.25, -0.2) is 20.1 Å². The molecule has 0 atom stereocenters. The van der Waals surface area contributed by atoms with Crippen LogP contribution in [0.3, 0.4) is 0 Å². The quantitative estimate of drug-likeness (QED) is 0.162. The molecule has 5 aromatic rings. The second-order valence-corrected chi connectivity index (χ2v) is 8.24. The Bertz CT molecular complexity index is 1970. The average Bonchev–Trinajstić information content (AvgIpc) is 3.25. The van der Waals surface area contributed by atoms with Crippen molar-refractivity contribution in [1.29, 1.82) is 15.8 Å². The number of benzene rings is 4. The third kappa shape index (κ3) is 2.87. The highest BCUT2D eigenvalue weighted by atomic mass is 14.9. The number of hydrogen-bond donors (Lipinski definition) is 0. The summed E-state index contributed by atoms with van der Waals surface area (Å²) in [4.78, 5) is 12.2. The molecule has 1 aromatic heterocycles. The number of nitrogens with zero attached hydrogens (tertiary/aromatic N) is 6. The number of nitriles is 3. The van der Waals surface area contributed by atoms with E-state index in [0.29, 0.717) is 22.4 Å². The first kappa shape index (κ1) is 20.8. The summed E-state index contributed by atoms with van der Waals surface area (Å²) in [6.07, 6.45) is 0. The van der Waals surface area contributed by atoms with E-state index in [1.165, 1.54) is 0 Å². The monoisotopic (exact) mass is 456 g/mol. The third-order valence-electron chi connectivity index (χ3n) is 6.42. The second kappa shape index (κ2) is 7.89. The molecule has 4 aromatic carbocycles. The molecular formula is C30H12N6. The van der Waals surface area contributed by atoms with Gasteiger partial charge in [-0.05, 0) is 50.4 Å². The summed E-state index contributed by atoms with van der Waals surface area (Å²) in [6.45, 7) is 7.58. The Morgan fingerprint density at radius 3 is 2.06 bits per heavy atom. The van der Waals surface area contributed by atoms with Crippen molar-refractivity contribution in [2.45, 2.75) is 0 Å². The fourth-order valence-electron chi connectivity index (χ4n) is 4.88. The van der Waals surface area contributed by atoms with Crippen LogP contribution in [0.4, 0.5) is 0 Å². The standard InChI is InChI=1S/C30H12N6/c1-34-27(16-33)28-24-13-18(10-11-22(24)29-30(28)36-26(15-32)25(14-31)35-29)23-12-17-6-2-3-7-19(17)20-8-4-5-9-21(20)23/h2-13H/b28-27+. The van der Waals surface area contributed by atoms with Gasteiger partial charge in [0.2, 0.25) is 0 Å². The SMILES string of the molecule is [C-]#[N+]/C(C#N)=C1\c2cc(-c3cc4ccccc4c4ccccc34)ccc2-c2nc(C#N)c(C#N)nc21. The highest BCUT2D eigenvalue weighted by Gasteiger charge is 2.31. The van der Waals surface area contributed by atoms with Gasteiger partial charge in [0, 0.05) is 11.1 Å². The number of hydrogen-bond acceptors (Lipinski definition) is 5. The Kier molecular flexibility index (Phi) is 4.55. The van der Waals surface area contributed by atoms with Crippen LogP contribution in [0, 0.1) is 40.6 Å². The van der Waals surface area contributed by atoms with Crippen molar-refractivity contribution >= 4 is 27.1 Å². The minimum atomic E-state index is -0.140. The maximum atomic E-state index is 9.72. The molecule has 1 aliphatic carbocycles. The molecule has 6 heteroatoms. The first-order valence-corrected chi connectivity index (χ1v) is 11.0. The summed E-state index contributed by atoms with van der Waals surface area (Å²) in [6, 6.07) is 30.1. The predicted molar refractivity (Wildman–Crippen MR) is 136 cm³/mol. The van der Waals surface area contributed by atoms with Crippen molar-refractivity contribution in [1.82, 2.24) is 9.97 Å². The number of fused-ring (bicyclic) bond motifs is 6. The van der Waals surface area contributed by atoms with Gasteiger partial charge in [0.1, 0.15) is 12.1 Å². The summed E-state index contributed by atoms with van der Waals surface area (Å²) in [7, 11) is 0. The van der Waals surface area contributed by atoms with Crippen LogP contribution in [-0.2, 0) is 0 Å². The molecule has 162 valence electrons. The number of rotatable bonds is 1. The fraction of sp³-hybridized carbons (Fsp3) is 0. The highest BCUT2D eigenvalue weighted by molar-refractivity contribution is 6.14. The minimum absolute atomic E-state index is 0.0885. The normalized spacial score (nSPS) is 12.7. The van der Waals surface area contributed by atoms with Gasteiger partial charge in [-0.15, -0.1) is 0 Å². The van der Waals surface area contributed by atoms with Crippen molar-refractivity contribution in [3.63, 3.8) is 0 Å². The lowest BCUT2D eigenvalue weighted by atomic mass is 9.91. The third-order valence-corrected chi connectivity index (χ3v) is 6.42. The Balaban J connectivity index is 1.68. The van der Waals surface area contributed by atoms with E-state index in [9.17, 15) is 15.8 Å². The van der Waals surface area contributed by atoms with Gasteiger partial charge in [-0.2, -0.15) is 10.5 Å². The van der Waals surface area contributed by atoms with Crippen molar-refractivity contribution in [2.24, 2.45) is 0 Å². The molecule has 0 spiro atoms. The van der Waals surface area contributed by atoms with E-state index in [2.05, 4.69) is 45.1 Å².